The summed E-state index contributed by atoms with van der Waals surface area (Å²) < 4.78 is 10.2. The van der Waals surface area contributed by atoms with Crippen LogP contribution in [-0.4, -0.2) is 26.3 Å². The molecule has 1 aromatic rings. The highest BCUT2D eigenvalue weighted by Gasteiger charge is 1.93. The molecule has 1 rings (SSSR count). The predicted molar refractivity (Wildman–Crippen MR) is 59.7 cm³/mol. The molecule has 0 radical (unpaired) electrons. The van der Waals surface area contributed by atoms with E-state index in [1.165, 1.54) is 10.5 Å². The molecule has 0 bridgehead atoms. The molecule has 0 fully saturated rings. The van der Waals surface area contributed by atoms with E-state index in [1.54, 1.807) is 18.9 Å². The third kappa shape index (κ3) is 4.65. The molecule has 0 atom stereocenters. The summed E-state index contributed by atoms with van der Waals surface area (Å²) in [6.45, 7) is 3.41. The van der Waals surface area contributed by atoms with E-state index in [0.717, 1.165) is 0 Å². The van der Waals surface area contributed by atoms with Crippen LogP contribution in [-0.2, 0) is 9.47 Å². The lowest BCUT2D eigenvalue weighted by Gasteiger charge is -2.03. The van der Waals surface area contributed by atoms with Gasteiger partial charge in [0.1, 0.15) is 0 Å². The second-order valence-electron chi connectivity index (χ2n) is 2.98. The number of ether oxygens (including phenoxy) is 2. The van der Waals surface area contributed by atoms with Crippen LogP contribution in [0.1, 0.15) is 5.56 Å². The van der Waals surface area contributed by atoms with E-state index in [0.29, 0.717) is 19.2 Å². The fraction of sp³-hybridized carbons (Fsp3) is 0.455. The smallest absolute Gasteiger partial charge is 0.0968 e. The van der Waals surface area contributed by atoms with E-state index < -0.39 is 0 Å². The van der Waals surface area contributed by atoms with Crippen molar-refractivity contribution in [2.75, 3.05) is 26.3 Å². The van der Waals surface area contributed by atoms with Crippen LogP contribution in [0.2, 0.25) is 0 Å². The molecule has 3 heteroatoms. The molecular formula is C11H16O2S. The Labute approximate surface area is 89.6 Å². The number of hydrogen-bond donors (Lipinski definition) is 0. The van der Waals surface area contributed by atoms with Gasteiger partial charge in [-0.2, -0.15) is 0 Å². The third-order valence-electron chi connectivity index (χ3n) is 1.76. The lowest BCUT2D eigenvalue weighted by molar-refractivity contribution is 0.0953. The SMILES string of the molecule is COCCOCSc1ccc(C)cc1. The molecule has 0 aliphatic heterocycles. The van der Waals surface area contributed by atoms with Gasteiger partial charge in [-0.1, -0.05) is 29.5 Å². The lowest BCUT2D eigenvalue weighted by atomic mass is 10.2. The molecule has 14 heavy (non-hydrogen) atoms. The molecule has 0 amide bonds. The van der Waals surface area contributed by atoms with Gasteiger partial charge in [-0.3, -0.25) is 0 Å². The van der Waals surface area contributed by atoms with Gasteiger partial charge in [-0.15, -0.1) is 0 Å². The quantitative estimate of drug-likeness (QED) is 0.410. The summed E-state index contributed by atoms with van der Waals surface area (Å²) in [6, 6.07) is 8.44. The summed E-state index contributed by atoms with van der Waals surface area (Å²) >= 11 is 1.70. The fourth-order valence-electron chi connectivity index (χ4n) is 0.945. The van der Waals surface area contributed by atoms with Crippen molar-refractivity contribution in [3.05, 3.63) is 29.8 Å². The van der Waals surface area contributed by atoms with Gasteiger partial charge in [0.05, 0.1) is 19.2 Å². The Morgan fingerprint density at radius 2 is 1.86 bits per heavy atom. The van der Waals surface area contributed by atoms with Crippen molar-refractivity contribution in [1.29, 1.82) is 0 Å². The van der Waals surface area contributed by atoms with Gasteiger partial charge in [0.2, 0.25) is 0 Å². The highest BCUT2D eigenvalue weighted by molar-refractivity contribution is 7.99. The van der Waals surface area contributed by atoms with Crippen molar-refractivity contribution < 1.29 is 9.47 Å². The summed E-state index contributed by atoms with van der Waals surface area (Å²) in [6.07, 6.45) is 0. The second kappa shape index (κ2) is 6.87. The first kappa shape index (κ1) is 11.6. The minimum atomic E-state index is 0.661. The molecule has 0 aliphatic carbocycles. The van der Waals surface area contributed by atoms with Gasteiger partial charge in [0.15, 0.2) is 0 Å². The summed E-state index contributed by atoms with van der Waals surface area (Å²) in [7, 11) is 1.68. The zero-order valence-electron chi connectivity index (χ0n) is 8.66. The average Bonchev–Trinajstić information content (AvgIpc) is 2.21. The minimum Gasteiger partial charge on any atom is -0.382 e. The second-order valence-corrected chi connectivity index (χ2v) is 3.97. The van der Waals surface area contributed by atoms with Gasteiger partial charge in [-0.25, -0.2) is 0 Å². The number of methoxy groups -OCH3 is 1. The molecule has 0 unspecified atom stereocenters. The van der Waals surface area contributed by atoms with Crippen LogP contribution in [0.5, 0.6) is 0 Å². The maximum atomic E-state index is 5.35. The zero-order valence-corrected chi connectivity index (χ0v) is 9.47. The Morgan fingerprint density at radius 1 is 1.14 bits per heavy atom. The lowest BCUT2D eigenvalue weighted by Crippen LogP contribution is -2.00. The molecule has 1 aromatic carbocycles. The molecule has 2 nitrogen and oxygen atoms in total. The summed E-state index contributed by atoms with van der Waals surface area (Å²) in [5, 5.41) is 0. The summed E-state index contributed by atoms with van der Waals surface area (Å²) in [5.41, 5.74) is 1.29. The van der Waals surface area contributed by atoms with Gasteiger partial charge >= 0.3 is 0 Å². The van der Waals surface area contributed by atoms with E-state index in [2.05, 4.69) is 31.2 Å². The molecular weight excluding hydrogens is 196 g/mol. The highest BCUT2D eigenvalue weighted by atomic mass is 32.2. The number of thioether (sulfide) groups is 1. The topological polar surface area (TPSA) is 18.5 Å². The van der Waals surface area contributed by atoms with Gasteiger partial charge in [0, 0.05) is 12.0 Å². The van der Waals surface area contributed by atoms with Crippen LogP contribution in [0.15, 0.2) is 29.2 Å². The number of hydrogen-bond acceptors (Lipinski definition) is 3. The summed E-state index contributed by atoms with van der Waals surface area (Å²) in [5.74, 6) is 0.687. The molecule has 78 valence electrons. The molecule has 0 N–H and O–H groups in total. The van der Waals surface area contributed by atoms with E-state index in [1.807, 2.05) is 0 Å². The van der Waals surface area contributed by atoms with E-state index in [-0.39, 0.29) is 0 Å². The van der Waals surface area contributed by atoms with Crippen LogP contribution in [0.4, 0.5) is 0 Å². The first-order valence-corrected chi connectivity index (χ1v) is 5.57. The van der Waals surface area contributed by atoms with E-state index >= 15 is 0 Å². The van der Waals surface area contributed by atoms with Crippen LogP contribution in [0.3, 0.4) is 0 Å². The predicted octanol–water partition coefficient (Wildman–Crippen LogP) is 2.71. The maximum Gasteiger partial charge on any atom is 0.0968 e. The molecule has 0 saturated carbocycles. The van der Waals surface area contributed by atoms with Crippen molar-refractivity contribution in [3.8, 4) is 0 Å². The Bertz CT molecular complexity index is 246. The van der Waals surface area contributed by atoms with Crippen molar-refractivity contribution >= 4 is 11.8 Å². The average molecular weight is 212 g/mol. The van der Waals surface area contributed by atoms with Gasteiger partial charge < -0.3 is 9.47 Å². The Balaban J connectivity index is 2.15. The summed E-state index contributed by atoms with van der Waals surface area (Å²) in [4.78, 5) is 1.24. The van der Waals surface area contributed by atoms with Crippen molar-refractivity contribution in [3.63, 3.8) is 0 Å². The maximum absolute atomic E-state index is 5.35. The largest absolute Gasteiger partial charge is 0.382 e. The number of benzene rings is 1. The standard InChI is InChI=1S/C11H16O2S/c1-10-3-5-11(6-4-10)14-9-13-8-7-12-2/h3-6H,7-9H2,1-2H3. The zero-order chi connectivity index (χ0) is 10.2. The van der Waals surface area contributed by atoms with Crippen LogP contribution in [0.25, 0.3) is 0 Å². The molecule has 0 spiro atoms. The van der Waals surface area contributed by atoms with E-state index in [9.17, 15) is 0 Å². The van der Waals surface area contributed by atoms with Crippen molar-refractivity contribution in [1.82, 2.24) is 0 Å². The molecule has 0 aromatic heterocycles. The van der Waals surface area contributed by atoms with Crippen molar-refractivity contribution in [2.24, 2.45) is 0 Å². The van der Waals surface area contributed by atoms with Gasteiger partial charge in [-0.05, 0) is 19.1 Å². The normalized spacial score (nSPS) is 10.4. The number of rotatable bonds is 6. The highest BCUT2D eigenvalue weighted by Crippen LogP contribution is 2.17. The van der Waals surface area contributed by atoms with E-state index in [4.69, 9.17) is 9.47 Å². The molecule has 0 heterocycles. The van der Waals surface area contributed by atoms with Crippen LogP contribution < -0.4 is 0 Å². The Morgan fingerprint density at radius 3 is 2.50 bits per heavy atom. The first-order chi connectivity index (χ1) is 6.83. The monoisotopic (exact) mass is 212 g/mol. The fourth-order valence-corrected chi connectivity index (χ4v) is 1.61. The van der Waals surface area contributed by atoms with Crippen molar-refractivity contribution in [2.45, 2.75) is 11.8 Å². The first-order valence-electron chi connectivity index (χ1n) is 4.59. The Kier molecular flexibility index (Phi) is 5.68. The third-order valence-corrected chi connectivity index (χ3v) is 2.65. The molecule has 0 saturated heterocycles. The molecule has 0 aliphatic rings. The van der Waals surface area contributed by atoms with Gasteiger partial charge in [0.25, 0.3) is 0 Å². The number of aryl methyl sites for hydroxylation is 1. The van der Waals surface area contributed by atoms with Crippen LogP contribution in [0, 0.1) is 6.92 Å². The van der Waals surface area contributed by atoms with Crippen LogP contribution >= 0.6 is 11.8 Å². The Hall–Kier alpha value is -0.510. The minimum absolute atomic E-state index is 0.661.